The topological polar surface area (TPSA) is 26.3 Å². The van der Waals surface area contributed by atoms with Crippen LogP contribution in [0.25, 0.3) is 0 Å². The molecule has 1 aromatic rings. The molecule has 2 fully saturated rings. The Bertz CT molecular complexity index is 499. The molecule has 0 radical (unpaired) electrons. The van der Waals surface area contributed by atoms with Gasteiger partial charge in [-0.2, -0.15) is 0 Å². The standard InChI is InChI=1S/C15H16O2S/c16-14-11-3-1-2-4-13(11)18-15(17-14)12-8-9-5-6-10(12)7-9/h1-4,9-10,12,15H,5-8H2. The highest BCUT2D eigenvalue weighted by Gasteiger charge is 2.46. The van der Waals surface area contributed by atoms with Crippen molar-refractivity contribution in [1.29, 1.82) is 0 Å². The molecule has 1 heterocycles. The van der Waals surface area contributed by atoms with Crippen LogP contribution in [-0.2, 0) is 4.74 Å². The summed E-state index contributed by atoms with van der Waals surface area (Å²) in [7, 11) is 0. The smallest absolute Gasteiger partial charge is 0.340 e. The predicted molar refractivity (Wildman–Crippen MR) is 70.4 cm³/mol. The van der Waals surface area contributed by atoms with Crippen LogP contribution >= 0.6 is 11.8 Å². The quantitative estimate of drug-likeness (QED) is 0.720. The molecule has 0 N–H and O–H groups in total. The number of carbonyl (C=O) groups is 1. The maximum absolute atomic E-state index is 12.0. The van der Waals surface area contributed by atoms with E-state index in [4.69, 9.17) is 4.74 Å². The number of thioether (sulfide) groups is 1. The van der Waals surface area contributed by atoms with Gasteiger partial charge in [-0.1, -0.05) is 30.3 Å². The fraction of sp³-hybridized carbons (Fsp3) is 0.533. The van der Waals surface area contributed by atoms with Crippen LogP contribution in [0.3, 0.4) is 0 Å². The fourth-order valence-electron chi connectivity index (χ4n) is 3.86. The van der Waals surface area contributed by atoms with E-state index in [9.17, 15) is 4.79 Å². The van der Waals surface area contributed by atoms with Gasteiger partial charge in [0.15, 0.2) is 5.44 Å². The van der Waals surface area contributed by atoms with Crippen LogP contribution in [0.15, 0.2) is 29.2 Å². The van der Waals surface area contributed by atoms with E-state index in [1.807, 2.05) is 24.3 Å². The lowest BCUT2D eigenvalue weighted by atomic mass is 9.89. The van der Waals surface area contributed by atoms with Crippen LogP contribution in [-0.4, -0.2) is 11.4 Å². The maximum atomic E-state index is 12.0. The first-order chi connectivity index (χ1) is 8.81. The van der Waals surface area contributed by atoms with E-state index in [2.05, 4.69) is 0 Å². The Morgan fingerprint density at radius 3 is 2.83 bits per heavy atom. The molecule has 2 bridgehead atoms. The Balaban J connectivity index is 1.61. The molecule has 3 aliphatic rings. The summed E-state index contributed by atoms with van der Waals surface area (Å²) < 4.78 is 5.67. The van der Waals surface area contributed by atoms with E-state index < -0.39 is 0 Å². The lowest BCUT2D eigenvalue weighted by Crippen LogP contribution is -2.31. The zero-order valence-electron chi connectivity index (χ0n) is 10.2. The van der Waals surface area contributed by atoms with Crippen molar-refractivity contribution in [3.05, 3.63) is 29.8 Å². The highest BCUT2D eigenvalue weighted by molar-refractivity contribution is 8.00. The van der Waals surface area contributed by atoms with Crippen molar-refractivity contribution in [2.24, 2.45) is 17.8 Å². The first kappa shape index (κ1) is 10.9. The lowest BCUT2D eigenvalue weighted by Gasteiger charge is -2.32. The molecule has 0 spiro atoms. The van der Waals surface area contributed by atoms with Crippen molar-refractivity contribution < 1.29 is 9.53 Å². The minimum atomic E-state index is -0.128. The van der Waals surface area contributed by atoms with E-state index in [-0.39, 0.29) is 11.4 Å². The molecule has 1 aromatic carbocycles. The van der Waals surface area contributed by atoms with Crippen molar-refractivity contribution in [3.63, 3.8) is 0 Å². The summed E-state index contributed by atoms with van der Waals surface area (Å²) in [5.74, 6) is 2.16. The van der Waals surface area contributed by atoms with Gasteiger partial charge in [0.2, 0.25) is 0 Å². The van der Waals surface area contributed by atoms with Gasteiger partial charge >= 0.3 is 5.97 Å². The average Bonchev–Trinajstić information content (AvgIpc) is 3.01. The molecule has 1 aliphatic heterocycles. The molecule has 94 valence electrons. The second-order valence-electron chi connectivity index (χ2n) is 5.73. The zero-order valence-corrected chi connectivity index (χ0v) is 11.0. The summed E-state index contributed by atoms with van der Waals surface area (Å²) in [4.78, 5) is 13.1. The van der Waals surface area contributed by atoms with Crippen LogP contribution < -0.4 is 0 Å². The average molecular weight is 260 g/mol. The van der Waals surface area contributed by atoms with Gasteiger partial charge in [-0.15, -0.1) is 0 Å². The number of cyclic esters (lactones) is 1. The molecule has 4 rings (SSSR count). The van der Waals surface area contributed by atoms with Gasteiger partial charge in [0.25, 0.3) is 0 Å². The third-order valence-corrected chi connectivity index (χ3v) is 6.00. The van der Waals surface area contributed by atoms with Crippen molar-refractivity contribution in [2.45, 2.75) is 36.0 Å². The van der Waals surface area contributed by atoms with Crippen molar-refractivity contribution in [3.8, 4) is 0 Å². The lowest BCUT2D eigenvalue weighted by molar-refractivity contribution is 0.0289. The van der Waals surface area contributed by atoms with Gasteiger partial charge in [-0.25, -0.2) is 4.79 Å². The number of benzene rings is 1. The molecular weight excluding hydrogens is 244 g/mol. The minimum Gasteiger partial charge on any atom is -0.447 e. The Labute approximate surface area is 111 Å². The van der Waals surface area contributed by atoms with E-state index in [1.165, 1.54) is 25.7 Å². The van der Waals surface area contributed by atoms with Gasteiger partial charge in [0.05, 0.1) is 5.56 Å². The van der Waals surface area contributed by atoms with Crippen LogP contribution in [0.4, 0.5) is 0 Å². The van der Waals surface area contributed by atoms with Crippen molar-refractivity contribution in [1.82, 2.24) is 0 Å². The Morgan fingerprint density at radius 1 is 1.17 bits per heavy atom. The molecule has 4 unspecified atom stereocenters. The minimum absolute atomic E-state index is 0.0581. The third kappa shape index (κ3) is 1.60. The number of fused-ring (bicyclic) bond motifs is 3. The highest BCUT2D eigenvalue weighted by Crippen LogP contribution is 2.53. The molecule has 4 atom stereocenters. The predicted octanol–water partition coefficient (Wildman–Crippen LogP) is 3.71. The normalized spacial score (nSPS) is 37.4. The summed E-state index contributed by atoms with van der Waals surface area (Å²) >= 11 is 1.75. The largest absolute Gasteiger partial charge is 0.447 e. The Hall–Kier alpha value is -0.960. The molecule has 0 amide bonds. The Morgan fingerprint density at radius 2 is 2.06 bits per heavy atom. The third-order valence-electron chi connectivity index (χ3n) is 4.72. The highest BCUT2D eigenvalue weighted by atomic mass is 32.2. The summed E-state index contributed by atoms with van der Waals surface area (Å²) in [6.07, 6.45) is 5.35. The summed E-state index contributed by atoms with van der Waals surface area (Å²) in [6.45, 7) is 0. The molecule has 0 saturated heterocycles. The second kappa shape index (κ2) is 4.02. The maximum Gasteiger partial charge on any atom is 0.340 e. The van der Waals surface area contributed by atoms with Gasteiger partial charge in [0.1, 0.15) is 0 Å². The molecule has 2 saturated carbocycles. The second-order valence-corrected chi connectivity index (χ2v) is 6.87. The van der Waals surface area contributed by atoms with Crippen LogP contribution in [0.1, 0.15) is 36.0 Å². The number of carbonyl (C=O) groups excluding carboxylic acids is 1. The molecule has 18 heavy (non-hydrogen) atoms. The molecule has 0 aromatic heterocycles. The summed E-state index contributed by atoms with van der Waals surface area (Å²) in [6, 6.07) is 7.81. The molecular formula is C15H16O2S. The van der Waals surface area contributed by atoms with E-state index in [0.717, 1.165) is 22.3 Å². The SMILES string of the molecule is O=C1OC(C2CC3CCC2C3)Sc2ccccc21. The van der Waals surface area contributed by atoms with Gasteiger partial charge < -0.3 is 4.74 Å². The molecule has 2 nitrogen and oxygen atoms in total. The van der Waals surface area contributed by atoms with E-state index >= 15 is 0 Å². The number of hydrogen-bond donors (Lipinski definition) is 0. The van der Waals surface area contributed by atoms with E-state index in [1.54, 1.807) is 11.8 Å². The van der Waals surface area contributed by atoms with Crippen molar-refractivity contribution in [2.75, 3.05) is 0 Å². The number of ether oxygens (including phenoxy) is 1. The summed E-state index contributed by atoms with van der Waals surface area (Å²) in [5, 5.41) is 0. The monoisotopic (exact) mass is 260 g/mol. The zero-order chi connectivity index (χ0) is 12.1. The van der Waals surface area contributed by atoms with Gasteiger partial charge in [-0.3, -0.25) is 0 Å². The van der Waals surface area contributed by atoms with Gasteiger partial charge in [-0.05, 0) is 43.2 Å². The molecule has 3 heteroatoms. The molecule has 2 aliphatic carbocycles. The first-order valence-corrected chi connectivity index (χ1v) is 7.66. The van der Waals surface area contributed by atoms with Crippen molar-refractivity contribution >= 4 is 17.7 Å². The fourth-order valence-corrected chi connectivity index (χ4v) is 5.19. The van der Waals surface area contributed by atoms with Crippen LogP contribution in [0, 0.1) is 17.8 Å². The number of esters is 1. The van der Waals surface area contributed by atoms with Gasteiger partial charge in [0, 0.05) is 10.8 Å². The number of hydrogen-bond acceptors (Lipinski definition) is 3. The van der Waals surface area contributed by atoms with E-state index in [0.29, 0.717) is 5.92 Å². The Kier molecular flexibility index (Phi) is 2.44. The van der Waals surface area contributed by atoms with Crippen LogP contribution in [0.2, 0.25) is 0 Å². The van der Waals surface area contributed by atoms with Crippen LogP contribution in [0.5, 0.6) is 0 Å². The first-order valence-electron chi connectivity index (χ1n) is 6.78. The number of rotatable bonds is 1. The summed E-state index contributed by atoms with van der Waals surface area (Å²) in [5.41, 5.74) is 0.796.